The van der Waals surface area contributed by atoms with Crippen molar-refractivity contribution in [3.63, 3.8) is 0 Å². The third kappa shape index (κ3) is 3.71. The van der Waals surface area contributed by atoms with E-state index in [1.807, 2.05) is 6.92 Å². The van der Waals surface area contributed by atoms with Gasteiger partial charge in [-0.15, -0.1) is 0 Å². The van der Waals surface area contributed by atoms with Crippen molar-refractivity contribution < 1.29 is 13.2 Å². The number of hydrogen-bond donors (Lipinski definition) is 1. The Labute approximate surface area is 134 Å². The smallest absolute Gasteiger partial charge is 0.261 e. The van der Waals surface area contributed by atoms with Gasteiger partial charge in [0, 0.05) is 26.8 Å². The summed E-state index contributed by atoms with van der Waals surface area (Å²) in [5, 5.41) is 3.15. The van der Waals surface area contributed by atoms with Crippen molar-refractivity contribution in [1.29, 1.82) is 0 Å². The first-order valence-electron chi connectivity index (χ1n) is 6.70. The van der Waals surface area contributed by atoms with Crippen LogP contribution in [0.5, 0.6) is 0 Å². The van der Waals surface area contributed by atoms with E-state index in [0.717, 1.165) is 25.7 Å². The Morgan fingerprint density at radius 2 is 1.86 bits per heavy atom. The van der Waals surface area contributed by atoms with Crippen molar-refractivity contribution in [2.24, 2.45) is 0 Å². The van der Waals surface area contributed by atoms with Crippen LogP contribution in [0, 0.1) is 6.92 Å². The summed E-state index contributed by atoms with van der Waals surface area (Å²) in [7, 11) is 1.45. The number of carbonyl (C=O) groups excluding carboxylic acids is 1. The molecule has 0 spiro atoms. The standard InChI is InChI=1S/C14H17Cl2NO3S/c1-9-11(7-10(15)8-12(9)21(16,19)20)13(18)17-14(2)5-3-4-6-14/h7-8H,3-6H2,1-2H3,(H,17,18). The van der Waals surface area contributed by atoms with Gasteiger partial charge in [0.1, 0.15) is 0 Å². The van der Waals surface area contributed by atoms with Gasteiger partial charge in [-0.3, -0.25) is 4.79 Å². The normalized spacial score (nSPS) is 17.7. The number of hydrogen-bond acceptors (Lipinski definition) is 3. The average Bonchev–Trinajstić information content (AvgIpc) is 2.76. The summed E-state index contributed by atoms with van der Waals surface area (Å²) in [4.78, 5) is 12.3. The molecule has 2 rings (SSSR count). The second kappa shape index (κ2) is 5.78. The minimum atomic E-state index is -3.95. The van der Waals surface area contributed by atoms with Gasteiger partial charge in [-0.2, -0.15) is 0 Å². The zero-order valence-corrected chi connectivity index (χ0v) is 14.2. The fourth-order valence-corrected chi connectivity index (χ4v) is 4.27. The molecular weight excluding hydrogens is 333 g/mol. The highest BCUT2D eigenvalue weighted by Crippen LogP contribution is 2.31. The summed E-state index contributed by atoms with van der Waals surface area (Å²) in [6, 6.07) is 2.73. The van der Waals surface area contributed by atoms with E-state index in [9.17, 15) is 13.2 Å². The molecule has 1 saturated carbocycles. The molecule has 1 N–H and O–H groups in total. The first kappa shape index (κ1) is 16.6. The molecule has 0 aliphatic heterocycles. The zero-order chi connectivity index (χ0) is 15.8. The van der Waals surface area contributed by atoms with Crippen LogP contribution in [0.1, 0.15) is 48.5 Å². The van der Waals surface area contributed by atoms with E-state index in [1.165, 1.54) is 12.1 Å². The number of nitrogens with one attached hydrogen (secondary N) is 1. The molecule has 0 radical (unpaired) electrons. The van der Waals surface area contributed by atoms with Gasteiger partial charge in [-0.1, -0.05) is 24.4 Å². The fraction of sp³-hybridized carbons (Fsp3) is 0.500. The van der Waals surface area contributed by atoms with Crippen LogP contribution < -0.4 is 5.32 Å². The van der Waals surface area contributed by atoms with Crippen LogP contribution in [0.15, 0.2) is 17.0 Å². The van der Waals surface area contributed by atoms with Gasteiger partial charge in [-0.25, -0.2) is 8.42 Å². The second-order valence-electron chi connectivity index (χ2n) is 5.74. The summed E-state index contributed by atoms with van der Waals surface area (Å²) in [5.74, 6) is -0.319. The van der Waals surface area contributed by atoms with Crippen LogP contribution in [0.3, 0.4) is 0 Å². The lowest BCUT2D eigenvalue weighted by Crippen LogP contribution is -2.43. The van der Waals surface area contributed by atoms with Gasteiger partial charge in [0.2, 0.25) is 0 Å². The topological polar surface area (TPSA) is 63.2 Å². The monoisotopic (exact) mass is 349 g/mol. The molecule has 0 heterocycles. The molecule has 116 valence electrons. The molecule has 0 atom stereocenters. The van der Waals surface area contributed by atoms with Crippen molar-refractivity contribution in [2.75, 3.05) is 0 Å². The SMILES string of the molecule is Cc1c(C(=O)NC2(C)CCCC2)cc(Cl)cc1S(=O)(=O)Cl. The molecule has 0 unspecified atom stereocenters. The van der Waals surface area contributed by atoms with E-state index in [1.54, 1.807) is 6.92 Å². The Morgan fingerprint density at radius 1 is 1.29 bits per heavy atom. The Kier molecular flexibility index (Phi) is 4.57. The highest BCUT2D eigenvalue weighted by Gasteiger charge is 2.31. The molecule has 4 nitrogen and oxygen atoms in total. The van der Waals surface area contributed by atoms with E-state index < -0.39 is 9.05 Å². The average molecular weight is 350 g/mol. The summed E-state index contributed by atoms with van der Waals surface area (Å²) < 4.78 is 23.1. The third-order valence-electron chi connectivity index (χ3n) is 3.95. The Morgan fingerprint density at radius 3 is 2.38 bits per heavy atom. The van der Waals surface area contributed by atoms with Crippen molar-refractivity contribution in [3.05, 3.63) is 28.3 Å². The van der Waals surface area contributed by atoms with Gasteiger partial charge in [-0.05, 0) is 44.4 Å². The van der Waals surface area contributed by atoms with E-state index >= 15 is 0 Å². The number of halogens is 2. The Hall–Kier alpha value is -0.780. The van der Waals surface area contributed by atoms with Crippen molar-refractivity contribution in [2.45, 2.75) is 50.0 Å². The Balaban J connectivity index is 2.40. The fourth-order valence-electron chi connectivity index (χ4n) is 2.76. The van der Waals surface area contributed by atoms with Crippen LogP contribution >= 0.6 is 22.3 Å². The van der Waals surface area contributed by atoms with Crippen LogP contribution in [-0.2, 0) is 9.05 Å². The molecule has 0 aromatic heterocycles. The summed E-state index contributed by atoms with van der Waals surface area (Å²) in [6.07, 6.45) is 3.98. The Bertz CT molecular complexity index is 680. The van der Waals surface area contributed by atoms with E-state index in [-0.39, 0.29) is 26.9 Å². The van der Waals surface area contributed by atoms with E-state index in [0.29, 0.717) is 5.56 Å². The zero-order valence-electron chi connectivity index (χ0n) is 11.9. The minimum absolute atomic E-state index is 0.126. The molecular formula is C14H17Cl2NO3S. The van der Waals surface area contributed by atoms with E-state index in [4.69, 9.17) is 22.3 Å². The first-order chi connectivity index (χ1) is 9.62. The third-order valence-corrected chi connectivity index (χ3v) is 5.62. The maximum Gasteiger partial charge on any atom is 0.261 e. The molecule has 1 amide bonds. The van der Waals surface area contributed by atoms with Gasteiger partial charge in [0.15, 0.2) is 0 Å². The molecule has 0 saturated heterocycles. The first-order valence-corrected chi connectivity index (χ1v) is 9.38. The lowest BCUT2D eigenvalue weighted by Gasteiger charge is -2.26. The van der Waals surface area contributed by atoms with E-state index in [2.05, 4.69) is 5.32 Å². The van der Waals surface area contributed by atoms with Gasteiger partial charge >= 0.3 is 0 Å². The number of amides is 1. The predicted octanol–water partition coefficient (Wildman–Crippen LogP) is 3.64. The van der Waals surface area contributed by atoms with Crippen LogP contribution in [0.25, 0.3) is 0 Å². The van der Waals surface area contributed by atoms with Crippen molar-refractivity contribution in [1.82, 2.24) is 5.32 Å². The summed E-state index contributed by atoms with van der Waals surface area (Å²) in [5.41, 5.74) is 0.314. The number of rotatable bonds is 3. The molecule has 1 aromatic rings. The molecule has 1 fully saturated rings. The van der Waals surface area contributed by atoms with Crippen LogP contribution in [-0.4, -0.2) is 19.9 Å². The molecule has 1 aliphatic carbocycles. The maximum atomic E-state index is 12.5. The van der Waals surface area contributed by atoms with Gasteiger partial charge < -0.3 is 5.32 Å². The largest absolute Gasteiger partial charge is 0.347 e. The van der Waals surface area contributed by atoms with Gasteiger partial charge in [0.05, 0.1) is 4.90 Å². The number of benzene rings is 1. The van der Waals surface area contributed by atoms with Crippen molar-refractivity contribution in [3.8, 4) is 0 Å². The van der Waals surface area contributed by atoms with Crippen molar-refractivity contribution >= 4 is 37.2 Å². The number of carbonyl (C=O) groups is 1. The molecule has 21 heavy (non-hydrogen) atoms. The lowest BCUT2D eigenvalue weighted by molar-refractivity contribution is 0.0907. The molecule has 7 heteroatoms. The molecule has 1 aliphatic rings. The quantitative estimate of drug-likeness (QED) is 0.847. The van der Waals surface area contributed by atoms with Gasteiger partial charge in [0.25, 0.3) is 15.0 Å². The second-order valence-corrected chi connectivity index (χ2v) is 8.71. The highest BCUT2D eigenvalue weighted by atomic mass is 35.7. The predicted molar refractivity (Wildman–Crippen MR) is 83.6 cm³/mol. The lowest BCUT2D eigenvalue weighted by atomic mass is 9.99. The maximum absolute atomic E-state index is 12.5. The minimum Gasteiger partial charge on any atom is -0.347 e. The summed E-state index contributed by atoms with van der Waals surface area (Å²) >= 11 is 5.92. The van der Waals surface area contributed by atoms with Crippen LogP contribution in [0.2, 0.25) is 5.02 Å². The summed E-state index contributed by atoms with van der Waals surface area (Å²) in [6.45, 7) is 3.55. The molecule has 1 aromatic carbocycles. The highest BCUT2D eigenvalue weighted by molar-refractivity contribution is 8.13. The molecule has 0 bridgehead atoms. The van der Waals surface area contributed by atoms with Crippen LogP contribution in [0.4, 0.5) is 0 Å².